The van der Waals surface area contributed by atoms with E-state index in [1.165, 1.54) is 16.7 Å². The first-order valence-electron chi connectivity index (χ1n) is 9.49. The number of aromatic nitrogens is 1. The molecule has 4 rings (SSSR count). The van der Waals surface area contributed by atoms with Gasteiger partial charge in [0.15, 0.2) is 10.8 Å². The Hall–Kier alpha value is -2.97. The standard InChI is InChI=1S/C24H19N3O3S.Na/c28-22(29)21(27-30)20-16-31-23(25-20)26-24(17-10-4-1-5-11-17,18-12-6-2-7-13-18)19-14-8-3-9-15-19;/h1-16,30H,(H,25,26)(H,28,29);/q;+1/p-1/b27-21-;. The van der Waals surface area contributed by atoms with E-state index in [0.29, 0.717) is 5.13 Å². The van der Waals surface area contributed by atoms with Gasteiger partial charge in [0.1, 0.15) is 11.2 Å². The minimum Gasteiger partial charge on any atom is -0.543 e. The van der Waals surface area contributed by atoms with Crippen LogP contribution in [-0.4, -0.2) is 21.9 Å². The molecule has 0 spiro atoms. The van der Waals surface area contributed by atoms with Crippen LogP contribution in [0.25, 0.3) is 0 Å². The SMILES string of the molecule is O=C([O-])/C(=N\O)c1csc(NC(c2ccccc2)(c2ccccc2)c2ccccc2)n1.[Na+]. The number of thiazole rings is 1. The number of nitrogens with zero attached hydrogens (tertiary/aromatic N) is 2. The van der Waals surface area contributed by atoms with Crippen molar-refractivity contribution in [3.8, 4) is 0 Å². The number of rotatable bonds is 7. The molecule has 0 bridgehead atoms. The smallest absolute Gasteiger partial charge is 0.543 e. The molecule has 0 amide bonds. The molecule has 0 radical (unpaired) electrons. The molecule has 6 nitrogen and oxygen atoms in total. The summed E-state index contributed by atoms with van der Waals surface area (Å²) in [5.74, 6) is -1.60. The fourth-order valence-electron chi connectivity index (χ4n) is 3.58. The Morgan fingerprint density at radius 2 is 1.31 bits per heavy atom. The Bertz CT molecular complexity index is 1100. The molecular weight excluding hydrogens is 433 g/mol. The van der Waals surface area contributed by atoms with E-state index in [1.807, 2.05) is 91.0 Å². The molecule has 0 unspecified atom stereocenters. The monoisotopic (exact) mass is 451 g/mol. The van der Waals surface area contributed by atoms with Gasteiger partial charge in [-0.3, -0.25) is 0 Å². The minimum atomic E-state index is -1.60. The fourth-order valence-corrected chi connectivity index (χ4v) is 4.33. The van der Waals surface area contributed by atoms with Crippen molar-refractivity contribution in [3.63, 3.8) is 0 Å². The molecule has 0 atom stereocenters. The zero-order chi connectivity index (χ0) is 21.7. The summed E-state index contributed by atoms with van der Waals surface area (Å²) in [6.07, 6.45) is 0. The third kappa shape index (κ3) is 4.61. The third-order valence-electron chi connectivity index (χ3n) is 4.95. The summed E-state index contributed by atoms with van der Waals surface area (Å²) in [6, 6.07) is 29.9. The number of benzene rings is 3. The van der Waals surface area contributed by atoms with E-state index in [1.54, 1.807) is 0 Å². The van der Waals surface area contributed by atoms with Crippen molar-refractivity contribution in [1.29, 1.82) is 0 Å². The van der Waals surface area contributed by atoms with Crippen molar-refractivity contribution in [2.24, 2.45) is 5.16 Å². The van der Waals surface area contributed by atoms with E-state index in [9.17, 15) is 9.90 Å². The molecule has 32 heavy (non-hydrogen) atoms. The van der Waals surface area contributed by atoms with Gasteiger partial charge in [-0.1, -0.05) is 96.2 Å². The number of hydrogen-bond acceptors (Lipinski definition) is 7. The third-order valence-corrected chi connectivity index (χ3v) is 5.71. The summed E-state index contributed by atoms with van der Waals surface area (Å²) in [5.41, 5.74) is 1.57. The maximum Gasteiger partial charge on any atom is 1.00 e. The van der Waals surface area contributed by atoms with E-state index in [2.05, 4.69) is 15.5 Å². The Morgan fingerprint density at radius 3 is 1.69 bits per heavy atom. The number of hydrogen-bond donors (Lipinski definition) is 2. The van der Waals surface area contributed by atoms with Gasteiger partial charge >= 0.3 is 29.6 Å². The van der Waals surface area contributed by atoms with Gasteiger partial charge in [-0.25, -0.2) is 4.98 Å². The average Bonchev–Trinajstić information content (AvgIpc) is 3.27. The van der Waals surface area contributed by atoms with Gasteiger partial charge < -0.3 is 20.4 Å². The number of oxime groups is 1. The number of aliphatic carboxylic acids is 1. The summed E-state index contributed by atoms with van der Waals surface area (Å²) < 4.78 is 0. The first-order chi connectivity index (χ1) is 15.1. The van der Waals surface area contributed by atoms with Crippen LogP contribution in [0.4, 0.5) is 5.13 Å². The summed E-state index contributed by atoms with van der Waals surface area (Å²) in [4.78, 5) is 15.6. The van der Waals surface area contributed by atoms with Crippen LogP contribution in [0.5, 0.6) is 0 Å². The van der Waals surface area contributed by atoms with Crippen LogP contribution < -0.4 is 40.0 Å². The number of carboxylic acids is 1. The quantitative estimate of drug-likeness (QED) is 0.140. The van der Waals surface area contributed by atoms with Gasteiger partial charge in [0.2, 0.25) is 0 Å². The fraction of sp³-hybridized carbons (Fsp3) is 0.0417. The summed E-state index contributed by atoms with van der Waals surface area (Å²) in [5, 5.41) is 28.6. The maximum absolute atomic E-state index is 11.2. The van der Waals surface area contributed by atoms with Gasteiger partial charge in [-0.05, 0) is 16.7 Å². The van der Waals surface area contributed by atoms with Crippen molar-refractivity contribution in [1.82, 2.24) is 4.98 Å². The molecule has 154 valence electrons. The molecule has 0 saturated carbocycles. The molecule has 3 aromatic carbocycles. The topological polar surface area (TPSA) is 97.6 Å². The first-order valence-corrected chi connectivity index (χ1v) is 10.4. The van der Waals surface area contributed by atoms with Crippen molar-refractivity contribution in [2.45, 2.75) is 5.54 Å². The molecule has 2 N–H and O–H groups in total. The molecule has 0 saturated heterocycles. The van der Waals surface area contributed by atoms with Crippen molar-refractivity contribution < 1.29 is 44.7 Å². The zero-order valence-corrected chi connectivity index (χ0v) is 20.1. The Balaban J connectivity index is 0.00000289. The molecular formula is C24H18N3NaO3S. The normalized spacial score (nSPS) is 11.4. The number of carboxylic acid groups (broad SMARTS) is 1. The number of carbonyl (C=O) groups excluding carboxylic acids is 1. The van der Waals surface area contributed by atoms with Crippen LogP contribution in [0, 0.1) is 0 Å². The Morgan fingerprint density at radius 1 is 0.875 bits per heavy atom. The summed E-state index contributed by atoms with van der Waals surface area (Å²) in [6.45, 7) is 0. The first kappa shape index (κ1) is 23.7. The van der Waals surface area contributed by atoms with Crippen molar-refractivity contribution in [3.05, 3.63) is 119 Å². The number of carbonyl (C=O) groups is 1. The van der Waals surface area contributed by atoms with E-state index >= 15 is 0 Å². The Kier molecular flexibility index (Phi) is 7.82. The second kappa shape index (κ2) is 10.6. The van der Waals surface area contributed by atoms with Gasteiger partial charge in [-0.15, -0.1) is 11.3 Å². The molecule has 0 aliphatic rings. The largest absolute Gasteiger partial charge is 1.00 e. The molecule has 0 fully saturated rings. The van der Waals surface area contributed by atoms with E-state index in [-0.39, 0.29) is 35.3 Å². The zero-order valence-electron chi connectivity index (χ0n) is 17.3. The summed E-state index contributed by atoms with van der Waals surface area (Å²) in [7, 11) is 0. The minimum absolute atomic E-state index is 0. The average molecular weight is 451 g/mol. The second-order valence-electron chi connectivity index (χ2n) is 6.75. The summed E-state index contributed by atoms with van der Waals surface area (Å²) >= 11 is 1.22. The predicted octanol–water partition coefficient (Wildman–Crippen LogP) is 0.479. The number of nitrogens with one attached hydrogen (secondary N) is 1. The molecule has 0 aliphatic carbocycles. The van der Waals surface area contributed by atoms with Gasteiger partial charge in [-0.2, -0.15) is 0 Å². The van der Waals surface area contributed by atoms with Crippen LogP contribution in [0.1, 0.15) is 22.4 Å². The number of anilines is 1. The molecule has 0 aliphatic heterocycles. The van der Waals surface area contributed by atoms with E-state index < -0.39 is 17.2 Å². The molecule has 1 heterocycles. The van der Waals surface area contributed by atoms with Crippen LogP contribution in [0.3, 0.4) is 0 Å². The molecule has 4 aromatic rings. The van der Waals surface area contributed by atoms with E-state index in [4.69, 9.17) is 5.21 Å². The Labute approximate surface area is 211 Å². The second-order valence-corrected chi connectivity index (χ2v) is 7.61. The van der Waals surface area contributed by atoms with E-state index in [0.717, 1.165) is 16.7 Å². The molecule has 1 aromatic heterocycles. The predicted molar refractivity (Wildman–Crippen MR) is 118 cm³/mol. The van der Waals surface area contributed by atoms with Crippen LogP contribution in [0.15, 0.2) is 102 Å². The van der Waals surface area contributed by atoms with Gasteiger partial charge in [0.05, 0.1) is 5.97 Å². The van der Waals surface area contributed by atoms with Gasteiger partial charge in [0.25, 0.3) is 0 Å². The van der Waals surface area contributed by atoms with Gasteiger partial charge in [0, 0.05) is 5.38 Å². The van der Waals surface area contributed by atoms with Crippen LogP contribution >= 0.6 is 11.3 Å². The van der Waals surface area contributed by atoms with Crippen molar-refractivity contribution in [2.75, 3.05) is 5.32 Å². The molecule has 8 heteroatoms. The van der Waals surface area contributed by atoms with Crippen molar-refractivity contribution >= 4 is 28.1 Å². The maximum atomic E-state index is 11.2. The van der Waals surface area contributed by atoms with Crippen LogP contribution in [-0.2, 0) is 10.3 Å². The van der Waals surface area contributed by atoms with Crippen LogP contribution in [0.2, 0.25) is 0 Å².